The number of carbonyl (C=O) groups is 1. The number of aryl methyl sites for hydroxylation is 2. The van der Waals surface area contributed by atoms with E-state index in [-0.39, 0.29) is 5.91 Å². The molecule has 7 heteroatoms. The van der Waals surface area contributed by atoms with Crippen LogP contribution in [-0.2, 0) is 11.2 Å². The molecule has 4 aliphatic carbocycles. The van der Waals surface area contributed by atoms with Crippen LogP contribution in [0, 0.1) is 37.0 Å². The van der Waals surface area contributed by atoms with Crippen molar-refractivity contribution in [2.45, 2.75) is 83.3 Å². The molecule has 0 unspecified atom stereocenters. The number of nitrogens with zero attached hydrogens (tertiary/aromatic N) is 4. The van der Waals surface area contributed by atoms with Crippen molar-refractivity contribution in [3.63, 3.8) is 0 Å². The van der Waals surface area contributed by atoms with Crippen LogP contribution in [0.25, 0.3) is 5.78 Å². The minimum atomic E-state index is 0.121. The Morgan fingerprint density at radius 2 is 1.80 bits per heavy atom. The summed E-state index contributed by atoms with van der Waals surface area (Å²) in [5, 5.41) is 8.70. The van der Waals surface area contributed by atoms with Gasteiger partial charge >= 0.3 is 0 Å². The van der Waals surface area contributed by atoms with Crippen LogP contribution in [0.15, 0.2) is 5.16 Å². The van der Waals surface area contributed by atoms with Crippen LogP contribution in [-0.4, -0.2) is 37.8 Å². The zero-order valence-corrected chi connectivity index (χ0v) is 19.4. The first-order valence-electron chi connectivity index (χ1n) is 11.5. The smallest absolute Gasteiger partial charge is 0.253 e. The molecule has 1 amide bonds. The van der Waals surface area contributed by atoms with E-state index < -0.39 is 0 Å². The topological polar surface area (TPSA) is 72.2 Å². The van der Waals surface area contributed by atoms with Crippen molar-refractivity contribution in [2.75, 3.05) is 6.26 Å². The molecule has 2 aromatic heterocycles. The fraction of sp³-hybridized carbons (Fsp3) is 0.739. The highest BCUT2D eigenvalue weighted by molar-refractivity contribution is 7.98. The molecule has 0 radical (unpaired) electrons. The van der Waals surface area contributed by atoms with E-state index >= 15 is 0 Å². The van der Waals surface area contributed by atoms with E-state index in [1.54, 1.807) is 4.52 Å². The highest BCUT2D eigenvalue weighted by Gasteiger charge is 2.54. The van der Waals surface area contributed by atoms with E-state index in [1.807, 2.05) is 20.1 Å². The maximum Gasteiger partial charge on any atom is 0.253 e. The molecule has 4 aliphatic rings. The van der Waals surface area contributed by atoms with Gasteiger partial charge in [0.25, 0.3) is 5.78 Å². The molecule has 4 saturated carbocycles. The van der Waals surface area contributed by atoms with Crippen LogP contribution in [0.5, 0.6) is 0 Å². The first-order valence-corrected chi connectivity index (χ1v) is 12.7. The Kier molecular flexibility index (Phi) is 5.07. The Bertz CT molecular complexity index is 948. The summed E-state index contributed by atoms with van der Waals surface area (Å²) in [4.78, 5) is 22.2. The summed E-state index contributed by atoms with van der Waals surface area (Å²) < 4.78 is 1.78. The van der Waals surface area contributed by atoms with Crippen molar-refractivity contribution in [3.8, 4) is 0 Å². The summed E-state index contributed by atoms with van der Waals surface area (Å²) in [5.74, 6) is 3.43. The van der Waals surface area contributed by atoms with Gasteiger partial charge in [0, 0.05) is 23.0 Å². The third-order valence-corrected chi connectivity index (χ3v) is 8.66. The van der Waals surface area contributed by atoms with Crippen molar-refractivity contribution < 1.29 is 4.79 Å². The Hall–Kier alpha value is -1.63. The van der Waals surface area contributed by atoms with Gasteiger partial charge in [-0.05, 0) is 88.2 Å². The predicted octanol–water partition coefficient (Wildman–Crippen LogP) is 4.12. The van der Waals surface area contributed by atoms with Gasteiger partial charge in [-0.1, -0.05) is 18.7 Å². The largest absolute Gasteiger partial charge is 0.353 e. The quantitative estimate of drug-likeness (QED) is 0.702. The lowest BCUT2D eigenvalue weighted by atomic mass is 9.47. The van der Waals surface area contributed by atoms with Crippen LogP contribution in [0.3, 0.4) is 0 Å². The molecule has 4 fully saturated rings. The van der Waals surface area contributed by atoms with Crippen molar-refractivity contribution >= 4 is 23.4 Å². The molecule has 0 saturated heterocycles. The van der Waals surface area contributed by atoms with E-state index in [1.165, 1.54) is 50.3 Å². The second-order valence-corrected chi connectivity index (χ2v) is 10.8. The lowest BCUT2D eigenvalue weighted by Gasteiger charge is -2.59. The minimum Gasteiger partial charge on any atom is -0.353 e. The number of thioether (sulfide) groups is 1. The zero-order valence-electron chi connectivity index (χ0n) is 18.6. The molecule has 0 aromatic carbocycles. The Morgan fingerprint density at radius 3 is 2.37 bits per heavy atom. The molecule has 2 heterocycles. The van der Waals surface area contributed by atoms with Crippen molar-refractivity contribution in [1.29, 1.82) is 0 Å². The van der Waals surface area contributed by atoms with E-state index in [4.69, 9.17) is 0 Å². The molecule has 6 nitrogen and oxygen atoms in total. The van der Waals surface area contributed by atoms with Crippen molar-refractivity contribution in [1.82, 2.24) is 24.9 Å². The van der Waals surface area contributed by atoms with Gasteiger partial charge in [-0.3, -0.25) is 4.79 Å². The van der Waals surface area contributed by atoms with Gasteiger partial charge in [0.2, 0.25) is 11.1 Å². The molecule has 0 spiro atoms. The van der Waals surface area contributed by atoms with Gasteiger partial charge in [0.1, 0.15) is 0 Å². The highest BCUT2D eigenvalue weighted by Crippen LogP contribution is 2.61. The molecule has 4 bridgehead atoms. The highest BCUT2D eigenvalue weighted by atomic mass is 32.2. The second-order valence-electron chi connectivity index (χ2n) is 10.1. The molecule has 162 valence electrons. The van der Waals surface area contributed by atoms with Crippen molar-refractivity contribution in [3.05, 3.63) is 17.0 Å². The summed E-state index contributed by atoms with van der Waals surface area (Å²) in [6.07, 6.45) is 11.6. The Balaban J connectivity index is 1.35. The minimum absolute atomic E-state index is 0.121. The standard InChI is InChI=1S/C23H33N5OS/c1-5-19(23-10-15-6-16(11-23)8-17(7-15)12-23)25-20(29)9-18-13(2)24-21-26-22(30-4)27-28(21)14(18)3/h15-17,19H,5-12H2,1-4H3,(H,25,29)/t15?,16?,17?,19-,23?/m0/s1. The van der Waals surface area contributed by atoms with Gasteiger partial charge in [-0.2, -0.15) is 4.98 Å². The van der Waals surface area contributed by atoms with Crippen LogP contribution in [0.2, 0.25) is 0 Å². The van der Waals surface area contributed by atoms with E-state index in [0.717, 1.165) is 41.1 Å². The number of hydrogen-bond acceptors (Lipinski definition) is 5. The van der Waals surface area contributed by atoms with Gasteiger partial charge in [-0.25, -0.2) is 9.50 Å². The first kappa shape index (κ1) is 20.3. The second kappa shape index (κ2) is 7.50. The van der Waals surface area contributed by atoms with Gasteiger partial charge in [-0.15, -0.1) is 5.10 Å². The van der Waals surface area contributed by atoms with Gasteiger partial charge in [0.05, 0.1) is 6.42 Å². The van der Waals surface area contributed by atoms with Crippen LogP contribution >= 0.6 is 11.8 Å². The Morgan fingerprint density at radius 1 is 1.17 bits per heavy atom. The third-order valence-electron chi connectivity index (χ3n) is 8.12. The SMILES string of the molecule is CC[C@H](NC(=O)Cc1c(C)nc2nc(SC)nn2c1C)C12CC3CC(CC(C3)C1)C2. The average Bonchev–Trinajstić information content (AvgIpc) is 3.11. The van der Waals surface area contributed by atoms with Crippen LogP contribution in [0.1, 0.15) is 68.8 Å². The molecule has 1 N–H and O–H groups in total. The molecule has 1 atom stereocenters. The lowest BCUT2D eigenvalue weighted by molar-refractivity contribution is -0.126. The number of nitrogens with one attached hydrogen (secondary N) is 1. The first-order chi connectivity index (χ1) is 14.4. The van der Waals surface area contributed by atoms with E-state index in [0.29, 0.717) is 28.8 Å². The molecule has 30 heavy (non-hydrogen) atoms. The molecule has 2 aromatic rings. The molecule has 0 aliphatic heterocycles. The normalized spacial score (nSPS) is 30.7. The monoisotopic (exact) mass is 427 g/mol. The van der Waals surface area contributed by atoms with Crippen LogP contribution in [0.4, 0.5) is 0 Å². The Labute approximate surface area is 183 Å². The number of fused-ring (bicyclic) bond motifs is 1. The van der Waals surface area contributed by atoms with E-state index in [2.05, 4.69) is 27.3 Å². The number of aromatic nitrogens is 4. The fourth-order valence-corrected chi connectivity index (χ4v) is 7.57. The summed E-state index contributed by atoms with van der Waals surface area (Å²) in [5.41, 5.74) is 3.14. The number of hydrogen-bond donors (Lipinski definition) is 1. The van der Waals surface area contributed by atoms with Crippen LogP contribution < -0.4 is 5.32 Å². The summed E-state index contributed by atoms with van der Waals surface area (Å²) in [7, 11) is 0. The summed E-state index contributed by atoms with van der Waals surface area (Å²) >= 11 is 1.51. The summed E-state index contributed by atoms with van der Waals surface area (Å²) in [6, 6.07) is 0.296. The van der Waals surface area contributed by atoms with Gasteiger partial charge in [0.15, 0.2) is 0 Å². The number of amides is 1. The maximum absolute atomic E-state index is 13.2. The van der Waals surface area contributed by atoms with E-state index in [9.17, 15) is 4.79 Å². The number of carbonyl (C=O) groups excluding carboxylic acids is 1. The number of rotatable bonds is 6. The molecular formula is C23H33N5OS. The van der Waals surface area contributed by atoms with Gasteiger partial charge < -0.3 is 5.32 Å². The molecule has 6 rings (SSSR count). The zero-order chi connectivity index (χ0) is 21.0. The maximum atomic E-state index is 13.2. The fourth-order valence-electron chi connectivity index (χ4n) is 7.23. The summed E-state index contributed by atoms with van der Waals surface area (Å²) in [6.45, 7) is 6.23. The predicted molar refractivity (Wildman–Crippen MR) is 119 cm³/mol. The van der Waals surface area contributed by atoms with Crippen molar-refractivity contribution in [2.24, 2.45) is 23.2 Å². The average molecular weight is 428 g/mol. The molecular weight excluding hydrogens is 394 g/mol. The third kappa shape index (κ3) is 3.33. The lowest BCUT2D eigenvalue weighted by Crippen LogP contribution is -2.56.